The Labute approximate surface area is 159 Å². The van der Waals surface area contributed by atoms with Gasteiger partial charge in [-0.2, -0.15) is 4.31 Å². The molecule has 27 heavy (non-hydrogen) atoms. The van der Waals surface area contributed by atoms with E-state index in [4.69, 9.17) is 0 Å². The summed E-state index contributed by atoms with van der Waals surface area (Å²) in [6, 6.07) is 10.9. The first-order valence-corrected chi connectivity index (χ1v) is 10.5. The Kier molecular flexibility index (Phi) is 5.92. The van der Waals surface area contributed by atoms with Gasteiger partial charge in [-0.05, 0) is 61.6 Å². The first-order chi connectivity index (χ1) is 12.9. The number of hydrogen-bond donors (Lipinski definition) is 1. The second-order valence-corrected chi connectivity index (χ2v) is 8.70. The molecule has 1 N–H and O–H groups in total. The van der Waals surface area contributed by atoms with Gasteiger partial charge in [-0.15, -0.1) is 0 Å². The molecule has 0 saturated carbocycles. The molecule has 2 aromatic rings. The minimum absolute atomic E-state index is 0.211. The van der Waals surface area contributed by atoms with Gasteiger partial charge in [0.2, 0.25) is 15.9 Å². The van der Waals surface area contributed by atoms with Crippen molar-refractivity contribution >= 4 is 21.6 Å². The Morgan fingerprint density at radius 1 is 1.11 bits per heavy atom. The molecule has 1 heterocycles. The normalized spacial score (nSPS) is 15.0. The summed E-state index contributed by atoms with van der Waals surface area (Å²) < 4.78 is 39.8. The summed E-state index contributed by atoms with van der Waals surface area (Å²) in [6.07, 6.45) is 2.51. The van der Waals surface area contributed by atoms with Crippen LogP contribution in [0.3, 0.4) is 0 Å². The molecule has 1 fully saturated rings. The Morgan fingerprint density at radius 2 is 1.78 bits per heavy atom. The van der Waals surface area contributed by atoms with Crippen molar-refractivity contribution in [3.63, 3.8) is 0 Å². The number of amides is 1. The highest BCUT2D eigenvalue weighted by atomic mass is 32.2. The minimum Gasteiger partial charge on any atom is -0.326 e. The van der Waals surface area contributed by atoms with Crippen LogP contribution in [0.15, 0.2) is 47.4 Å². The number of sulfonamides is 1. The number of nitrogens with zero attached hydrogens (tertiary/aromatic N) is 1. The van der Waals surface area contributed by atoms with Gasteiger partial charge in [0.15, 0.2) is 0 Å². The molecule has 7 heteroatoms. The van der Waals surface area contributed by atoms with E-state index in [1.807, 2.05) is 0 Å². The zero-order valence-corrected chi connectivity index (χ0v) is 16.1. The summed E-state index contributed by atoms with van der Waals surface area (Å²) in [5.74, 6) is -0.608. The van der Waals surface area contributed by atoms with Crippen LogP contribution in [0.1, 0.15) is 30.4 Å². The third-order valence-corrected chi connectivity index (χ3v) is 6.65. The average Bonchev–Trinajstić information content (AvgIpc) is 3.19. The molecular formula is C20H23FN2O3S. The molecule has 5 nitrogen and oxygen atoms in total. The van der Waals surface area contributed by atoms with Crippen molar-refractivity contribution in [1.82, 2.24) is 4.31 Å². The van der Waals surface area contributed by atoms with Gasteiger partial charge in [-0.25, -0.2) is 12.8 Å². The van der Waals surface area contributed by atoms with Crippen molar-refractivity contribution in [3.05, 3.63) is 59.4 Å². The molecule has 1 aliphatic rings. The number of hydrogen-bond acceptors (Lipinski definition) is 3. The number of aryl methyl sites for hydroxylation is 2. The average molecular weight is 390 g/mol. The van der Waals surface area contributed by atoms with Crippen LogP contribution >= 0.6 is 0 Å². The smallest absolute Gasteiger partial charge is 0.243 e. The molecule has 1 amide bonds. The summed E-state index contributed by atoms with van der Waals surface area (Å²) >= 11 is 0. The van der Waals surface area contributed by atoms with Crippen LogP contribution < -0.4 is 5.32 Å². The molecule has 0 unspecified atom stereocenters. The highest BCUT2D eigenvalue weighted by Crippen LogP contribution is 2.21. The number of halogens is 1. The summed E-state index contributed by atoms with van der Waals surface area (Å²) in [5, 5.41) is 2.71. The number of nitrogens with one attached hydrogen (secondary N) is 1. The van der Waals surface area contributed by atoms with E-state index in [1.54, 1.807) is 37.3 Å². The fourth-order valence-electron chi connectivity index (χ4n) is 3.11. The SMILES string of the molecule is Cc1ccc(F)cc1NC(=O)CCc1ccc(S(=O)(=O)N2CCCC2)cc1. The van der Waals surface area contributed by atoms with E-state index in [-0.39, 0.29) is 17.2 Å². The van der Waals surface area contributed by atoms with Crippen LogP contribution in [0.5, 0.6) is 0 Å². The van der Waals surface area contributed by atoms with Crippen molar-refractivity contribution in [2.75, 3.05) is 18.4 Å². The summed E-state index contributed by atoms with van der Waals surface area (Å²) in [5.41, 5.74) is 2.13. The van der Waals surface area contributed by atoms with E-state index in [2.05, 4.69) is 5.32 Å². The number of anilines is 1. The number of benzene rings is 2. The van der Waals surface area contributed by atoms with Crippen LogP contribution in [0.2, 0.25) is 0 Å². The fourth-order valence-corrected chi connectivity index (χ4v) is 4.62. The summed E-state index contributed by atoms with van der Waals surface area (Å²) in [7, 11) is -3.42. The van der Waals surface area contributed by atoms with Gasteiger partial charge >= 0.3 is 0 Å². The maximum Gasteiger partial charge on any atom is 0.243 e. The topological polar surface area (TPSA) is 66.5 Å². The van der Waals surface area contributed by atoms with E-state index >= 15 is 0 Å². The molecule has 1 saturated heterocycles. The zero-order valence-electron chi connectivity index (χ0n) is 15.2. The first-order valence-electron chi connectivity index (χ1n) is 9.01. The second kappa shape index (κ2) is 8.19. The van der Waals surface area contributed by atoms with Crippen LogP contribution in [0.4, 0.5) is 10.1 Å². The van der Waals surface area contributed by atoms with Crippen molar-refractivity contribution in [2.45, 2.75) is 37.5 Å². The lowest BCUT2D eigenvalue weighted by Crippen LogP contribution is -2.27. The monoisotopic (exact) mass is 390 g/mol. The molecule has 0 spiro atoms. The van der Waals surface area contributed by atoms with Gasteiger partial charge in [0.05, 0.1) is 4.90 Å². The molecule has 0 aliphatic carbocycles. The van der Waals surface area contributed by atoms with Crippen LogP contribution in [-0.4, -0.2) is 31.7 Å². The van der Waals surface area contributed by atoms with Crippen molar-refractivity contribution in [1.29, 1.82) is 0 Å². The molecule has 0 aromatic heterocycles. The van der Waals surface area contributed by atoms with Gasteiger partial charge in [-0.1, -0.05) is 18.2 Å². The molecule has 3 rings (SSSR count). The number of carbonyl (C=O) groups is 1. The van der Waals surface area contributed by atoms with Crippen LogP contribution in [0.25, 0.3) is 0 Å². The van der Waals surface area contributed by atoms with E-state index in [1.165, 1.54) is 16.4 Å². The Hall–Kier alpha value is -2.25. The molecule has 0 atom stereocenters. The fraction of sp³-hybridized carbons (Fsp3) is 0.350. The molecule has 144 valence electrons. The predicted molar refractivity (Wildman–Crippen MR) is 103 cm³/mol. The first kappa shape index (κ1) is 19.5. The van der Waals surface area contributed by atoms with E-state index in [0.29, 0.717) is 25.2 Å². The molecule has 1 aliphatic heterocycles. The summed E-state index contributed by atoms with van der Waals surface area (Å²) in [4.78, 5) is 12.4. The maximum absolute atomic E-state index is 13.3. The number of carbonyl (C=O) groups excluding carboxylic acids is 1. The molecule has 2 aromatic carbocycles. The van der Waals surface area contributed by atoms with E-state index in [0.717, 1.165) is 24.0 Å². The highest BCUT2D eigenvalue weighted by Gasteiger charge is 2.26. The predicted octanol–water partition coefficient (Wildman–Crippen LogP) is 3.49. The lowest BCUT2D eigenvalue weighted by molar-refractivity contribution is -0.116. The second-order valence-electron chi connectivity index (χ2n) is 6.76. The minimum atomic E-state index is -3.42. The van der Waals surface area contributed by atoms with Crippen LogP contribution in [0, 0.1) is 12.7 Å². The third kappa shape index (κ3) is 4.73. The van der Waals surface area contributed by atoms with Gasteiger partial charge in [-0.3, -0.25) is 4.79 Å². The van der Waals surface area contributed by atoms with E-state index < -0.39 is 15.8 Å². The van der Waals surface area contributed by atoms with Gasteiger partial charge in [0.1, 0.15) is 5.82 Å². The molecule has 0 bridgehead atoms. The largest absolute Gasteiger partial charge is 0.326 e. The van der Waals surface area contributed by atoms with Crippen molar-refractivity contribution < 1.29 is 17.6 Å². The Balaban J connectivity index is 1.58. The summed E-state index contributed by atoms with van der Waals surface area (Å²) in [6.45, 7) is 2.95. The third-order valence-electron chi connectivity index (χ3n) is 4.74. The highest BCUT2D eigenvalue weighted by molar-refractivity contribution is 7.89. The molecular weight excluding hydrogens is 367 g/mol. The van der Waals surface area contributed by atoms with Crippen molar-refractivity contribution in [2.24, 2.45) is 0 Å². The lowest BCUT2D eigenvalue weighted by Gasteiger charge is -2.15. The zero-order chi connectivity index (χ0) is 19.4. The van der Waals surface area contributed by atoms with E-state index in [9.17, 15) is 17.6 Å². The van der Waals surface area contributed by atoms with Gasteiger partial charge in [0.25, 0.3) is 0 Å². The number of rotatable bonds is 6. The Bertz CT molecular complexity index is 921. The lowest BCUT2D eigenvalue weighted by atomic mass is 10.1. The Morgan fingerprint density at radius 3 is 2.44 bits per heavy atom. The van der Waals surface area contributed by atoms with Gasteiger partial charge < -0.3 is 5.32 Å². The standard InChI is InChI=1S/C20H23FN2O3S/c1-15-4-8-17(21)14-19(15)22-20(24)11-7-16-5-9-18(10-6-16)27(25,26)23-12-2-3-13-23/h4-6,8-10,14H,2-3,7,11-13H2,1H3,(H,22,24). The van der Waals surface area contributed by atoms with Crippen LogP contribution in [-0.2, 0) is 21.2 Å². The van der Waals surface area contributed by atoms with Gasteiger partial charge in [0, 0.05) is 25.2 Å². The van der Waals surface area contributed by atoms with Crippen molar-refractivity contribution in [3.8, 4) is 0 Å². The maximum atomic E-state index is 13.3. The molecule has 0 radical (unpaired) electrons. The quantitative estimate of drug-likeness (QED) is 0.821.